The third kappa shape index (κ3) is 4.11. The van der Waals surface area contributed by atoms with Gasteiger partial charge in [0.05, 0.1) is 6.04 Å². The molecule has 3 aliphatic rings. The molecule has 1 aromatic carbocycles. The van der Waals surface area contributed by atoms with Crippen LogP contribution in [0.3, 0.4) is 0 Å². The van der Waals surface area contributed by atoms with E-state index in [1.165, 1.54) is 31.7 Å². The number of likely N-dealkylation sites (tertiary alicyclic amines) is 1. The van der Waals surface area contributed by atoms with E-state index < -0.39 is 0 Å². The van der Waals surface area contributed by atoms with Gasteiger partial charge in [-0.3, -0.25) is 9.69 Å². The Morgan fingerprint density at radius 2 is 1.64 bits per heavy atom. The lowest BCUT2D eigenvalue weighted by atomic mass is 9.95. The number of hydrogen-bond donors (Lipinski definition) is 0. The summed E-state index contributed by atoms with van der Waals surface area (Å²) in [4.78, 5) is 15.2. The van der Waals surface area contributed by atoms with Crippen LogP contribution >= 0.6 is 11.8 Å². The molecule has 3 fully saturated rings. The number of carbonyl (C=O) groups is 1. The highest BCUT2D eigenvalue weighted by Crippen LogP contribution is 2.41. The summed E-state index contributed by atoms with van der Waals surface area (Å²) < 4.78 is 14.4. The summed E-state index contributed by atoms with van der Waals surface area (Å²) in [6, 6.07) is 6.49. The van der Waals surface area contributed by atoms with Crippen molar-refractivity contribution in [3.63, 3.8) is 0 Å². The third-order valence-electron chi connectivity index (χ3n) is 5.98. The minimum absolute atomic E-state index is 0.162. The largest absolute Gasteiger partial charge is 0.297 e. The van der Waals surface area contributed by atoms with E-state index in [1.54, 1.807) is 12.1 Å². The van der Waals surface area contributed by atoms with Gasteiger partial charge in [0.25, 0.3) is 0 Å². The smallest absolute Gasteiger partial charge is 0.157 e. The van der Waals surface area contributed by atoms with Gasteiger partial charge in [-0.15, -0.1) is 0 Å². The zero-order valence-electron chi connectivity index (χ0n) is 14.8. The molecule has 1 heterocycles. The second kappa shape index (κ2) is 7.79. The van der Waals surface area contributed by atoms with Crippen LogP contribution in [0, 0.1) is 11.7 Å². The molecule has 0 radical (unpaired) electrons. The van der Waals surface area contributed by atoms with Crippen molar-refractivity contribution in [2.24, 2.45) is 5.92 Å². The molecule has 0 aromatic heterocycles. The van der Waals surface area contributed by atoms with Crippen LogP contribution in [0.25, 0.3) is 0 Å². The van der Waals surface area contributed by atoms with Crippen molar-refractivity contribution in [1.29, 1.82) is 0 Å². The summed E-state index contributed by atoms with van der Waals surface area (Å²) in [5.41, 5.74) is 0.585. The number of carbonyl (C=O) groups excluding carboxylic acids is 1. The van der Waals surface area contributed by atoms with Crippen LogP contribution in [0.4, 0.5) is 4.39 Å². The molecule has 0 N–H and O–H groups in total. The van der Waals surface area contributed by atoms with E-state index in [-0.39, 0.29) is 23.6 Å². The lowest BCUT2D eigenvalue weighted by Crippen LogP contribution is -2.42. The fraction of sp³-hybridized carbons (Fsp3) is 0.667. The number of hydrogen-bond acceptors (Lipinski definition) is 3. The van der Waals surface area contributed by atoms with Gasteiger partial charge in [-0.1, -0.05) is 31.0 Å². The standard InChI is InChI=1S/C21H28FNOS/c22-19-8-4-3-7-18(19)20(21(24)15-9-10-15)23-13-11-17(12-14-23)25-16-5-1-2-6-16/h3-4,7-8,15-17,20H,1-2,5-6,9-14H2. The molecule has 2 aliphatic carbocycles. The number of piperidine rings is 1. The molecule has 0 bridgehead atoms. The first-order valence-corrected chi connectivity index (χ1v) is 10.8. The maximum atomic E-state index is 14.4. The molecule has 4 rings (SSSR count). The van der Waals surface area contributed by atoms with Gasteiger partial charge in [0.15, 0.2) is 5.78 Å². The highest BCUT2D eigenvalue weighted by molar-refractivity contribution is 8.00. The Labute approximate surface area is 154 Å². The molecular formula is C21H28FNOS. The zero-order valence-corrected chi connectivity index (χ0v) is 15.6. The van der Waals surface area contributed by atoms with Crippen LogP contribution in [-0.4, -0.2) is 34.3 Å². The molecule has 0 spiro atoms. The second-order valence-corrected chi connectivity index (χ2v) is 9.48. The quantitative estimate of drug-likeness (QED) is 0.712. The van der Waals surface area contributed by atoms with Crippen LogP contribution < -0.4 is 0 Å². The van der Waals surface area contributed by atoms with Gasteiger partial charge in [-0.2, -0.15) is 11.8 Å². The van der Waals surface area contributed by atoms with Gasteiger partial charge < -0.3 is 0 Å². The Kier molecular flexibility index (Phi) is 5.47. The number of ketones is 1. The zero-order chi connectivity index (χ0) is 17.2. The average molecular weight is 362 g/mol. The van der Waals surface area contributed by atoms with Crippen molar-refractivity contribution in [2.75, 3.05) is 13.1 Å². The molecule has 25 heavy (non-hydrogen) atoms. The highest BCUT2D eigenvalue weighted by atomic mass is 32.2. The first kappa shape index (κ1) is 17.5. The van der Waals surface area contributed by atoms with Crippen molar-refractivity contribution in [1.82, 2.24) is 4.90 Å². The minimum atomic E-state index is -0.369. The molecular weight excluding hydrogens is 333 g/mol. The summed E-state index contributed by atoms with van der Waals surface area (Å²) in [6.45, 7) is 1.84. The van der Waals surface area contributed by atoms with Crippen LogP contribution in [-0.2, 0) is 4.79 Å². The predicted molar refractivity (Wildman–Crippen MR) is 101 cm³/mol. The number of rotatable bonds is 6. The van der Waals surface area contributed by atoms with Crippen LogP contribution in [0.1, 0.15) is 63.0 Å². The number of halogens is 1. The molecule has 1 aromatic rings. The van der Waals surface area contributed by atoms with Gasteiger partial charge in [0, 0.05) is 35.1 Å². The van der Waals surface area contributed by atoms with Crippen molar-refractivity contribution in [3.05, 3.63) is 35.6 Å². The summed E-state index contributed by atoms with van der Waals surface area (Å²) in [5, 5.41) is 1.57. The third-order valence-corrected chi connectivity index (χ3v) is 7.69. The Balaban J connectivity index is 1.43. The van der Waals surface area contributed by atoms with E-state index in [4.69, 9.17) is 0 Å². The van der Waals surface area contributed by atoms with Gasteiger partial charge in [-0.05, 0) is 44.6 Å². The molecule has 2 nitrogen and oxygen atoms in total. The van der Waals surface area contributed by atoms with Crippen molar-refractivity contribution in [3.8, 4) is 0 Å². The van der Waals surface area contributed by atoms with Gasteiger partial charge >= 0.3 is 0 Å². The first-order chi connectivity index (χ1) is 12.2. The lowest BCUT2D eigenvalue weighted by molar-refractivity contribution is -0.126. The highest BCUT2D eigenvalue weighted by Gasteiger charge is 2.40. The van der Waals surface area contributed by atoms with E-state index >= 15 is 0 Å². The Morgan fingerprint density at radius 1 is 1.00 bits per heavy atom. The number of benzene rings is 1. The van der Waals surface area contributed by atoms with Gasteiger partial charge in [0.2, 0.25) is 0 Å². The summed E-state index contributed by atoms with van der Waals surface area (Å²) >= 11 is 2.18. The van der Waals surface area contributed by atoms with E-state index in [1.807, 2.05) is 6.07 Å². The average Bonchev–Trinajstić information content (AvgIpc) is 3.36. The Morgan fingerprint density at radius 3 is 2.28 bits per heavy atom. The Bertz CT molecular complexity index is 604. The molecule has 1 saturated heterocycles. The summed E-state index contributed by atoms with van der Waals surface area (Å²) in [5.74, 6) is 0.172. The number of nitrogens with zero attached hydrogens (tertiary/aromatic N) is 1. The fourth-order valence-electron chi connectivity index (χ4n) is 4.38. The second-order valence-electron chi connectivity index (χ2n) is 7.88. The van der Waals surface area contributed by atoms with Crippen molar-refractivity contribution >= 4 is 17.5 Å². The molecule has 1 atom stereocenters. The fourth-order valence-corrected chi connectivity index (χ4v) is 6.02. The molecule has 1 unspecified atom stereocenters. The molecule has 136 valence electrons. The van der Waals surface area contributed by atoms with Crippen LogP contribution in [0.2, 0.25) is 0 Å². The molecule has 0 amide bonds. The number of Topliss-reactive ketones (excluding diaryl/α,β-unsaturated/α-hetero) is 1. The van der Waals surface area contributed by atoms with E-state index in [9.17, 15) is 9.18 Å². The topological polar surface area (TPSA) is 20.3 Å². The maximum absolute atomic E-state index is 14.4. The van der Waals surface area contributed by atoms with Gasteiger partial charge in [-0.25, -0.2) is 4.39 Å². The minimum Gasteiger partial charge on any atom is -0.297 e. The van der Waals surface area contributed by atoms with Gasteiger partial charge in [0.1, 0.15) is 5.82 Å². The Hall–Kier alpha value is -0.870. The van der Waals surface area contributed by atoms with E-state index in [2.05, 4.69) is 16.7 Å². The monoisotopic (exact) mass is 361 g/mol. The predicted octanol–water partition coefficient (Wildman–Crippen LogP) is 4.99. The first-order valence-electron chi connectivity index (χ1n) is 9.90. The summed E-state index contributed by atoms with van der Waals surface area (Å²) in [7, 11) is 0. The normalized spacial score (nSPS) is 24.5. The maximum Gasteiger partial charge on any atom is 0.157 e. The molecule has 2 saturated carbocycles. The number of thioether (sulfide) groups is 1. The lowest BCUT2D eigenvalue weighted by Gasteiger charge is -2.37. The van der Waals surface area contributed by atoms with E-state index in [0.29, 0.717) is 5.56 Å². The van der Waals surface area contributed by atoms with E-state index in [0.717, 1.165) is 49.3 Å². The van der Waals surface area contributed by atoms with Crippen molar-refractivity contribution < 1.29 is 9.18 Å². The summed E-state index contributed by atoms with van der Waals surface area (Å²) in [6.07, 6.45) is 9.76. The SMILES string of the molecule is O=C(C1CC1)C(c1ccccc1F)N1CCC(SC2CCCC2)CC1. The molecule has 4 heteroatoms. The molecule has 1 aliphatic heterocycles. The van der Waals surface area contributed by atoms with Crippen LogP contribution in [0.15, 0.2) is 24.3 Å². The van der Waals surface area contributed by atoms with Crippen LogP contribution in [0.5, 0.6) is 0 Å². The van der Waals surface area contributed by atoms with Crippen molar-refractivity contribution in [2.45, 2.75) is 67.9 Å².